The standard InChI is InChI=1S/C16H28O/c1-3-5-6-7-8-9-10-11-12-13-14-15-16(17)4-2/h4,7-8H,2-3,5-6,9-15H2,1H3/b8-7-. The van der Waals surface area contributed by atoms with Crippen LogP contribution in [-0.4, -0.2) is 5.78 Å². The Labute approximate surface area is 107 Å². The van der Waals surface area contributed by atoms with Crippen molar-refractivity contribution in [2.45, 2.75) is 71.1 Å². The van der Waals surface area contributed by atoms with Gasteiger partial charge in [0.05, 0.1) is 0 Å². The highest BCUT2D eigenvalue weighted by Crippen LogP contribution is 2.08. The van der Waals surface area contributed by atoms with E-state index in [2.05, 4.69) is 25.7 Å². The molecule has 0 N–H and O–H groups in total. The Morgan fingerprint density at radius 3 is 2.18 bits per heavy atom. The summed E-state index contributed by atoms with van der Waals surface area (Å²) >= 11 is 0. The van der Waals surface area contributed by atoms with Crippen LogP contribution >= 0.6 is 0 Å². The van der Waals surface area contributed by atoms with Gasteiger partial charge in [0.25, 0.3) is 0 Å². The van der Waals surface area contributed by atoms with Crippen LogP contribution in [0, 0.1) is 0 Å². The second kappa shape index (κ2) is 13.2. The van der Waals surface area contributed by atoms with Crippen LogP contribution in [0.15, 0.2) is 24.8 Å². The summed E-state index contributed by atoms with van der Waals surface area (Å²) in [6.45, 7) is 5.70. The summed E-state index contributed by atoms with van der Waals surface area (Å²) in [5.74, 6) is 0.184. The van der Waals surface area contributed by atoms with Gasteiger partial charge in [0.2, 0.25) is 0 Å². The third kappa shape index (κ3) is 13.1. The molecule has 0 aromatic carbocycles. The summed E-state index contributed by atoms with van der Waals surface area (Å²) < 4.78 is 0. The predicted octanol–water partition coefficient (Wildman–Crippen LogP) is 5.22. The number of carbonyl (C=O) groups is 1. The SMILES string of the molecule is C=CC(=O)CCCCCCC/C=C\CCCC. The zero-order valence-corrected chi connectivity index (χ0v) is 11.4. The van der Waals surface area contributed by atoms with Crippen molar-refractivity contribution in [1.29, 1.82) is 0 Å². The Bertz CT molecular complexity index is 216. The van der Waals surface area contributed by atoms with Crippen LogP contribution in [0.4, 0.5) is 0 Å². The molecule has 0 rings (SSSR count). The zero-order valence-electron chi connectivity index (χ0n) is 11.4. The van der Waals surface area contributed by atoms with Gasteiger partial charge in [0, 0.05) is 6.42 Å². The molecule has 0 aliphatic rings. The maximum atomic E-state index is 10.9. The molecule has 1 nitrogen and oxygen atoms in total. The average molecular weight is 236 g/mol. The van der Waals surface area contributed by atoms with Crippen LogP contribution < -0.4 is 0 Å². The summed E-state index contributed by atoms with van der Waals surface area (Å²) in [6.07, 6.45) is 17.8. The third-order valence-electron chi connectivity index (χ3n) is 2.91. The maximum absolute atomic E-state index is 10.9. The molecule has 0 spiro atoms. The fraction of sp³-hybridized carbons (Fsp3) is 0.688. The lowest BCUT2D eigenvalue weighted by Crippen LogP contribution is -1.91. The van der Waals surface area contributed by atoms with Gasteiger partial charge >= 0.3 is 0 Å². The first-order valence-corrected chi connectivity index (χ1v) is 7.11. The molecule has 0 fully saturated rings. The van der Waals surface area contributed by atoms with Crippen molar-refractivity contribution in [2.24, 2.45) is 0 Å². The van der Waals surface area contributed by atoms with Crippen molar-refractivity contribution in [1.82, 2.24) is 0 Å². The lowest BCUT2D eigenvalue weighted by molar-refractivity contribution is -0.114. The molecule has 1 heteroatoms. The molecular formula is C16H28O. The van der Waals surface area contributed by atoms with Crippen LogP contribution in [0.3, 0.4) is 0 Å². The van der Waals surface area contributed by atoms with Crippen molar-refractivity contribution in [3.63, 3.8) is 0 Å². The normalized spacial score (nSPS) is 10.9. The topological polar surface area (TPSA) is 17.1 Å². The van der Waals surface area contributed by atoms with E-state index in [4.69, 9.17) is 0 Å². The molecule has 0 aromatic heterocycles. The molecule has 0 saturated carbocycles. The maximum Gasteiger partial charge on any atom is 0.155 e. The zero-order chi connectivity index (χ0) is 12.8. The molecular weight excluding hydrogens is 208 g/mol. The van der Waals surface area contributed by atoms with Crippen molar-refractivity contribution in [3.05, 3.63) is 24.8 Å². The van der Waals surface area contributed by atoms with E-state index in [1.54, 1.807) is 0 Å². The van der Waals surface area contributed by atoms with E-state index in [9.17, 15) is 4.79 Å². The molecule has 0 amide bonds. The quantitative estimate of drug-likeness (QED) is 0.258. The second-order valence-corrected chi connectivity index (χ2v) is 4.59. The van der Waals surface area contributed by atoms with E-state index in [1.807, 2.05) is 0 Å². The number of hydrogen-bond donors (Lipinski definition) is 0. The van der Waals surface area contributed by atoms with Gasteiger partial charge in [0.15, 0.2) is 5.78 Å². The van der Waals surface area contributed by atoms with Gasteiger partial charge in [0.1, 0.15) is 0 Å². The molecule has 0 aliphatic carbocycles. The van der Waals surface area contributed by atoms with Gasteiger partial charge in [-0.1, -0.05) is 57.8 Å². The van der Waals surface area contributed by atoms with Crippen LogP contribution in [0.5, 0.6) is 0 Å². The highest BCUT2D eigenvalue weighted by atomic mass is 16.1. The molecule has 0 radical (unpaired) electrons. The van der Waals surface area contributed by atoms with Crippen molar-refractivity contribution >= 4 is 5.78 Å². The molecule has 0 atom stereocenters. The molecule has 0 aliphatic heterocycles. The molecule has 0 saturated heterocycles. The Balaban J connectivity index is 3.10. The van der Waals surface area contributed by atoms with Crippen molar-refractivity contribution < 1.29 is 4.79 Å². The predicted molar refractivity (Wildman–Crippen MR) is 76.2 cm³/mol. The largest absolute Gasteiger partial charge is 0.295 e. The van der Waals surface area contributed by atoms with Crippen LogP contribution in [0.2, 0.25) is 0 Å². The van der Waals surface area contributed by atoms with Gasteiger partial charge in [-0.15, -0.1) is 0 Å². The van der Waals surface area contributed by atoms with E-state index >= 15 is 0 Å². The average Bonchev–Trinajstić information content (AvgIpc) is 2.35. The van der Waals surface area contributed by atoms with E-state index in [0.29, 0.717) is 6.42 Å². The second-order valence-electron chi connectivity index (χ2n) is 4.59. The fourth-order valence-corrected chi connectivity index (χ4v) is 1.75. The van der Waals surface area contributed by atoms with E-state index in [-0.39, 0.29) is 5.78 Å². The van der Waals surface area contributed by atoms with Crippen molar-refractivity contribution in [3.8, 4) is 0 Å². The van der Waals surface area contributed by atoms with Gasteiger partial charge in [-0.25, -0.2) is 0 Å². The number of allylic oxidation sites excluding steroid dienone is 3. The van der Waals surface area contributed by atoms with Crippen LogP contribution in [0.1, 0.15) is 71.1 Å². The highest BCUT2D eigenvalue weighted by Gasteiger charge is 1.95. The number of unbranched alkanes of at least 4 members (excludes halogenated alkanes) is 7. The summed E-state index contributed by atoms with van der Waals surface area (Å²) in [4.78, 5) is 10.9. The van der Waals surface area contributed by atoms with E-state index < -0.39 is 0 Å². The molecule has 98 valence electrons. The first-order chi connectivity index (χ1) is 8.31. The third-order valence-corrected chi connectivity index (χ3v) is 2.91. The minimum absolute atomic E-state index is 0.184. The van der Waals surface area contributed by atoms with Gasteiger partial charge in [-0.05, 0) is 31.8 Å². The van der Waals surface area contributed by atoms with E-state index in [0.717, 1.165) is 6.42 Å². The molecule has 17 heavy (non-hydrogen) atoms. The number of hydrogen-bond acceptors (Lipinski definition) is 1. The monoisotopic (exact) mass is 236 g/mol. The first kappa shape index (κ1) is 16.1. The summed E-state index contributed by atoms with van der Waals surface area (Å²) in [7, 11) is 0. The minimum atomic E-state index is 0.184. The van der Waals surface area contributed by atoms with E-state index in [1.165, 1.54) is 57.4 Å². The molecule has 0 bridgehead atoms. The lowest BCUT2D eigenvalue weighted by Gasteiger charge is -1.98. The fourth-order valence-electron chi connectivity index (χ4n) is 1.75. The Morgan fingerprint density at radius 2 is 1.53 bits per heavy atom. The smallest absolute Gasteiger partial charge is 0.155 e. The summed E-state index contributed by atoms with van der Waals surface area (Å²) in [5, 5.41) is 0. The van der Waals surface area contributed by atoms with Crippen molar-refractivity contribution in [2.75, 3.05) is 0 Å². The van der Waals surface area contributed by atoms with Gasteiger partial charge in [-0.3, -0.25) is 4.79 Å². The number of carbonyl (C=O) groups excluding carboxylic acids is 1. The number of rotatable bonds is 12. The minimum Gasteiger partial charge on any atom is -0.295 e. The molecule has 0 aromatic rings. The van der Waals surface area contributed by atoms with Gasteiger partial charge < -0.3 is 0 Å². The van der Waals surface area contributed by atoms with Crippen LogP contribution in [0.25, 0.3) is 0 Å². The Hall–Kier alpha value is -0.850. The highest BCUT2D eigenvalue weighted by molar-refractivity contribution is 5.88. The summed E-state index contributed by atoms with van der Waals surface area (Å²) in [6, 6.07) is 0. The summed E-state index contributed by atoms with van der Waals surface area (Å²) in [5.41, 5.74) is 0. The molecule has 0 unspecified atom stereocenters. The van der Waals surface area contributed by atoms with Crippen LogP contribution in [-0.2, 0) is 4.79 Å². The Morgan fingerprint density at radius 1 is 0.941 bits per heavy atom. The number of ketones is 1. The lowest BCUT2D eigenvalue weighted by atomic mass is 10.1. The first-order valence-electron chi connectivity index (χ1n) is 7.11. The Kier molecular flexibility index (Phi) is 12.6. The van der Waals surface area contributed by atoms with Gasteiger partial charge in [-0.2, -0.15) is 0 Å². The molecule has 0 heterocycles.